The van der Waals surface area contributed by atoms with E-state index < -0.39 is 17.9 Å². The van der Waals surface area contributed by atoms with Gasteiger partial charge in [-0.3, -0.25) is 29.2 Å². The summed E-state index contributed by atoms with van der Waals surface area (Å²) in [7, 11) is 3.21. The van der Waals surface area contributed by atoms with Crippen molar-refractivity contribution in [3.63, 3.8) is 0 Å². The molecule has 4 saturated heterocycles. The summed E-state index contributed by atoms with van der Waals surface area (Å²) >= 11 is 1.50. The fourth-order valence-corrected chi connectivity index (χ4v) is 10.3. The highest BCUT2D eigenvalue weighted by molar-refractivity contribution is 8.00. The first-order chi connectivity index (χ1) is 29.5. The van der Waals surface area contributed by atoms with Gasteiger partial charge in [-0.25, -0.2) is 0 Å². The van der Waals surface area contributed by atoms with E-state index >= 15 is 0 Å². The highest BCUT2D eigenvalue weighted by Gasteiger charge is 2.46. The number of methoxy groups -OCH3 is 1. The van der Waals surface area contributed by atoms with Gasteiger partial charge in [0.25, 0.3) is 5.91 Å². The summed E-state index contributed by atoms with van der Waals surface area (Å²) in [6.45, 7) is 9.90. The molecule has 61 heavy (non-hydrogen) atoms. The highest BCUT2D eigenvalue weighted by atomic mass is 32.2. The summed E-state index contributed by atoms with van der Waals surface area (Å²) in [4.78, 5) is 59.6. The summed E-state index contributed by atoms with van der Waals surface area (Å²) in [5.41, 5.74) is 4.73. The van der Waals surface area contributed by atoms with Gasteiger partial charge in [0, 0.05) is 85.8 Å². The number of nitrogens with zero attached hydrogens (tertiary/aromatic N) is 7. The minimum absolute atomic E-state index is 0.0757. The fourth-order valence-electron chi connectivity index (χ4n) is 9.62. The van der Waals surface area contributed by atoms with Crippen LogP contribution in [0.1, 0.15) is 65.3 Å². The second-order valence-corrected chi connectivity index (χ2v) is 18.4. The number of carbonyl (C=O) groups is 4. The van der Waals surface area contributed by atoms with Crippen molar-refractivity contribution in [2.75, 3.05) is 74.5 Å². The molecule has 4 fully saturated rings. The number of fused-ring (bicyclic) bond motifs is 1. The first-order valence-corrected chi connectivity index (χ1v) is 21.7. The summed E-state index contributed by atoms with van der Waals surface area (Å²) in [5, 5.41) is 11.8. The van der Waals surface area contributed by atoms with Crippen molar-refractivity contribution in [2.45, 2.75) is 56.5 Å². The van der Waals surface area contributed by atoms with E-state index in [1.807, 2.05) is 35.1 Å². The second kappa shape index (κ2) is 16.5. The Labute approximate surface area is 358 Å². The zero-order chi connectivity index (χ0) is 42.3. The van der Waals surface area contributed by atoms with Gasteiger partial charge in [-0.05, 0) is 116 Å². The van der Waals surface area contributed by atoms with Crippen molar-refractivity contribution >= 4 is 64.1 Å². The molecule has 1 spiro atoms. The molecule has 0 aliphatic carbocycles. The number of anilines is 3. The minimum atomic E-state index is -0.762. The number of piperidine rings is 2. The van der Waals surface area contributed by atoms with Crippen LogP contribution < -0.4 is 24.6 Å². The first-order valence-electron chi connectivity index (χ1n) is 20.9. The number of imide groups is 1. The molecule has 3 aromatic carbocycles. The molecule has 15 nitrogen and oxygen atoms in total. The normalized spacial score (nSPS) is 21.4. The molecule has 3 amide bonds. The molecule has 2 N–H and O–H groups in total. The SMILES string of the molecule is COc1cc(Cn2cccn2)cc2onc(NSc3cccc(N4CC5(CCN(CC6(C)CCN(c7ccc(C=O)c(C(=O)N(C)C8CCC(=O)NC8=O)c7)C6)CC5)C4)c3)c12. The third-order valence-electron chi connectivity index (χ3n) is 13.1. The molecule has 4 aliphatic heterocycles. The van der Waals surface area contributed by atoms with E-state index in [-0.39, 0.29) is 35.3 Å². The summed E-state index contributed by atoms with van der Waals surface area (Å²) < 4.78 is 16.7. The van der Waals surface area contributed by atoms with Gasteiger partial charge < -0.3 is 33.6 Å². The van der Waals surface area contributed by atoms with Crippen molar-refractivity contribution in [2.24, 2.45) is 10.8 Å². The average Bonchev–Trinajstić information content (AvgIpc) is 4.02. The molecular weight excluding hydrogens is 795 g/mol. The Bertz CT molecular complexity index is 2460. The molecule has 0 saturated carbocycles. The van der Waals surface area contributed by atoms with Gasteiger partial charge in [0.15, 0.2) is 17.7 Å². The molecule has 6 heterocycles. The van der Waals surface area contributed by atoms with Crippen LogP contribution in [0.4, 0.5) is 17.2 Å². The molecule has 5 aromatic rings. The number of amides is 3. The number of likely N-dealkylation sites (tertiary alicyclic amines) is 1. The lowest BCUT2D eigenvalue weighted by molar-refractivity contribution is -0.136. The Hall–Kier alpha value is -5.87. The number of carbonyl (C=O) groups excluding carboxylic acids is 4. The van der Waals surface area contributed by atoms with Gasteiger partial charge in [-0.15, -0.1) is 0 Å². The van der Waals surface area contributed by atoms with Crippen molar-refractivity contribution in [3.8, 4) is 5.75 Å². The Kier molecular flexibility index (Phi) is 11.0. The van der Waals surface area contributed by atoms with Gasteiger partial charge in [0.1, 0.15) is 17.2 Å². The fraction of sp³-hybridized carbons (Fsp3) is 0.422. The van der Waals surface area contributed by atoms with E-state index in [1.54, 1.807) is 32.5 Å². The first kappa shape index (κ1) is 40.5. The number of hydrogen-bond donors (Lipinski definition) is 2. The lowest BCUT2D eigenvalue weighted by atomic mass is 9.71. The zero-order valence-electron chi connectivity index (χ0n) is 34.8. The summed E-state index contributed by atoms with van der Waals surface area (Å²) in [6, 6.07) is 19.1. The molecule has 16 heteroatoms. The minimum Gasteiger partial charge on any atom is -0.496 e. The predicted molar refractivity (Wildman–Crippen MR) is 233 cm³/mol. The van der Waals surface area contributed by atoms with Gasteiger partial charge in [-0.2, -0.15) is 5.10 Å². The maximum absolute atomic E-state index is 13.6. The molecular formula is C45H51N9O6S. The number of aromatic nitrogens is 3. The van der Waals surface area contributed by atoms with Crippen molar-refractivity contribution < 1.29 is 28.4 Å². The van der Waals surface area contributed by atoms with Crippen LogP contribution in [0.5, 0.6) is 5.75 Å². The molecule has 2 atom stereocenters. The molecule has 0 bridgehead atoms. The van der Waals surface area contributed by atoms with Crippen LogP contribution in [0.15, 0.2) is 82.5 Å². The number of nitrogens with one attached hydrogen (secondary N) is 2. The third-order valence-corrected chi connectivity index (χ3v) is 13.8. The van der Waals surface area contributed by atoms with Gasteiger partial charge in [0.2, 0.25) is 11.8 Å². The molecule has 0 radical (unpaired) electrons. The Morgan fingerprint density at radius 1 is 1.03 bits per heavy atom. The van der Waals surface area contributed by atoms with E-state index in [2.05, 4.69) is 66.2 Å². The van der Waals surface area contributed by atoms with E-state index in [4.69, 9.17) is 9.26 Å². The van der Waals surface area contributed by atoms with Crippen LogP contribution in [-0.4, -0.2) is 115 Å². The number of hydrogen-bond acceptors (Lipinski definition) is 13. The predicted octanol–water partition coefficient (Wildman–Crippen LogP) is 5.71. The van der Waals surface area contributed by atoms with Crippen molar-refractivity contribution in [3.05, 3.63) is 89.7 Å². The van der Waals surface area contributed by atoms with E-state index in [9.17, 15) is 19.2 Å². The van der Waals surface area contributed by atoms with Gasteiger partial charge in [0.05, 0.1) is 19.2 Å². The van der Waals surface area contributed by atoms with E-state index in [0.717, 1.165) is 73.8 Å². The highest BCUT2D eigenvalue weighted by Crippen LogP contribution is 2.45. The summed E-state index contributed by atoms with van der Waals surface area (Å²) in [6.07, 6.45) is 8.15. The summed E-state index contributed by atoms with van der Waals surface area (Å²) in [5.74, 6) is 0.0766. The zero-order valence-corrected chi connectivity index (χ0v) is 35.6. The maximum Gasteiger partial charge on any atom is 0.255 e. The Morgan fingerprint density at radius 3 is 2.61 bits per heavy atom. The van der Waals surface area contributed by atoms with Crippen LogP contribution in [0.2, 0.25) is 0 Å². The topological polar surface area (TPSA) is 158 Å². The monoisotopic (exact) mass is 845 g/mol. The van der Waals surface area contributed by atoms with Crippen LogP contribution in [0.3, 0.4) is 0 Å². The smallest absolute Gasteiger partial charge is 0.255 e. The quantitative estimate of drug-likeness (QED) is 0.0845. The lowest BCUT2D eigenvalue weighted by Crippen LogP contribution is -2.61. The number of likely N-dealkylation sites (N-methyl/N-ethyl adjacent to an activating group) is 1. The Morgan fingerprint density at radius 2 is 1.85 bits per heavy atom. The van der Waals surface area contributed by atoms with Crippen LogP contribution in [-0.2, 0) is 16.1 Å². The average molecular weight is 846 g/mol. The lowest BCUT2D eigenvalue weighted by Gasteiger charge is -2.55. The largest absolute Gasteiger partial charge is 0.496 e. The molecule has 9 rings (SSSR count). The van der Waals surface area contributed by atoms with Crippen LogP contribution in [0.25, 0.3) is 11.0 Å². The molecule has 2 aromatic heterocycles. The maximum atomic E-state index is 13.6. The molecule has 4 aliphatic rings. The van der Waals surface area contributed by atoms with Crippen LogP contribution in [0, 0.1) is 10.8 Å². The van der Waals surface area contributed by atoms with E-state index in [0.29, 0.717) is 35.4 Å². The standard InChI is InChI=1S/C45H51N9O6S/c1-44(12-19-52(27-44)33-9-8-31(25-55)35(23-33)43(58)50(2)36-10-11-39(56)47-42(36)57)26-51-17-13-45(14-18-51)28-53(29-45)32-6-4-7-34(22-32)61-49-41-40-37(59-3)20-30(21-38(40)60-48-41)24-54-16-5-15-46-54/h4-9,15-16,20-23,25,36H,10-14,17-19,24,26-29H2,1-3H3,(H,48,49)(H,47,56,57). The third kappa shape index (κ3) is 8.30. The molecule has 2 unspecified atom stereocenters. The van der Waals surface area contributed by atoms with Crippen molar-refractivity contribution in [1.82, 2.24) is 30.1 Å². The van der Waals surface area contributed by atoms with Gasteiger partial charge in [-0.1, -0.05) is 18.1 Å². The van der Waals surface area contributed by atoms with Gasteiger partial charge >= 0.3 is 0 Å². The van der Waals surface area contributed by atoms with E-state index in [1.165, 1.54) is 35.4 Å². The number of aldehydes is 1. The van der Waals surface area contributed by atoms with Crippen LogP contribution >= 0.6 is 11.9 Å². The number of benzene rings is 3. The number of ether oxygens (including phenoxy) is 1. The van der Waals surface area contributed by atoms with Crippen molar-refractivity contribution in [1.29, 1.82) is 0 Å². The molecule has 318 valence electrons. The second-order valence-electron chi connectivity index (χ2n) is 17.5. The Balaban J connectivity index is 0.766. The number of rotatable bonds is 13.